The molecule has 0 bridgehead atoms. The summed E-state index contributed by atoms with van der Waals surface area (Å²) < 4.78 is 5.44. The highest BCUT2D eigenvalue weighted by Crippen LogP contribution is 2.44. The second-order valence-corrected chi connectivity index (χ2v) is 8.54. The summed E-state index contributed by atoms with van der Waals surface area (Å²) in [4.78, 5) is 32.9. The van der Waals surface area contributed by atoms with E-state index in [0.29, 0.717) is 28.6 Å². The molecule has 0 radical (unpaired) electrons. The van der Waals surface area contributed by atoms with Crippen LogP contribution in [0.25, 0.3) is 5.76 Å². The highest BCUT2D eigenvalue weighted by atomic mass is 32.1. The summed E-state index contributed by atoms with van der Waals surface area (Å²) in [6, 6.07) is 12.0. The maximum Gasteiger partial charge on any atom is 0.301 e. The Hall–Kier alpha value is -3.65. The number of carbonyl (C=O) groups excluding carboxylic acids is 2. The second kappa shape index (κ2) is 8.47. The van der Waals surface area contributed by atoms with Gasteiger partial charge in [-0.15, -0.1) is 11.3 Å². The monoisotopic (exact) mass is 450 g/mol. The fourth-order valence-electron chi connectivity index (χ4n) is 3.59. The molecule has 0 spiro atoms. The number of amides is 1. The van der Waals surface area contributed by atoms with E-state index < -0.39 is 17.7 Å². The molecule has 4 rings (SSSR count). The topological polar surface area (TPSA) is 100.0 Å². The van der Waals surface area contributed by atoms with Crippen LogP contribution >= 0.6 is 11.3 Å². The smallest absolute Gasteiger partial charge is 0.301 e. The van der Waals surface area contributed by atoms with Crippen molar-refractivity contribution in [1.29, 1.82) is 0 Å². The van der Waals surface area contributed by atoms with Crippen molar-refractivity contribution in [3.05, 3.63) is 75.8 Å². The maximum atomic E-state index is 13.1. The molecule has 1 saturated heterocycles. The molecule has 2 aromatic carbocycles. The molecule has 32 heavy (non-hydrogen) atoms. The predicted octanol–water partition coefficient (Wildman–Crippen LogP) is 4.49. The van der Waals surface area contributed by atoms with Crippen LogP contribution in [0.3, 0.4) is 0 Å². The average Bonchev–Trinajstić information content (AvgIpc) is 3.24. The van der Waals surface area contributed by atoms with Crippen molar-refractivity contribution in [3.63, 3.8) is 0 Å². The summed E-state index contributed by atoms with van der Waals surface area (Å²) in [6.45, 7) is 6.10. The van der Waals surface area contributed by atoms with Crippen LogP contribution in [-0.4, -0.2) is 33.5 Å². The van der Waals surface area contributed by atoms with Crippen molar-refractivity contribution in [2.45, 2.75) is 26.8 Å². The number of rotatable bonds is 5. The summed E-state index contributed by atoms with van der Waals surface area (Å²) in [5.41, 5.74) is 1.69. The Kier molecular flexibility index (Phi) is 5.71. The fraction of sp³-hybridized carbons (Fsp3) is 0.208. The summed E-state index contributed by atoms with van der Waals surface area (Å²) in [7, 11) is 0. The molecule has 0 aliphatic carbocycles. The number of thiazole rings is 1. The van der Waals surface area contributed by atoms with Gasteiger partial charge in [0, 0.05) is 10.4 Å². The van der Waals surface area contributed by atoms with Gasteiger partial charge in [-0.05, 0) is 62.7 Å². The van der Waals surface area contributed by atoms with Gasteiger partial charge in [0.05, 0.1) is 23.9 Å². The number of aromatic hydroxyl groups is 1. The lowest BCUT2D eigenvalue weighted by atomic mass is 9.95. The molecule has 1 aromatic heterocycles. The number of phenolic OH excluding ortho intramolecular Hbond substituents is 1. The molecule has 2 N–H and O–H groups in total. The number of aliphatic hydroxyl groups excluding tert-OH is 1. The van der Waals surface area contributed by atoms with Crippen molar-refractivity contribution >= 4 is 33.9 Å². The lowest BCUT2D eigenvalue weighted by Crippen LogP contribution is -2.29. The average molecular weight is 451 g/mol. The molecular weight excluding hydrogens is 428 g/mol. The number of benzene rings is 2. The Morgan fingerprint density at radius 1 is 1.09 bits per heavy atom. The van der Waals surface area contributed by atoms with Crippen LogP contribution in [0.15, 0.2) is 54.1 Å². The zero-order valence-corrected chi connectivity index (χ0v) is 18.6. The number of aryl methyl sites for hydroxylation is 2. The molecule has 8 heteroatoms. The zero-order valence-electron chi connectivity index (χ0n) is 17.8. The SMILES string of the molecule is CCOc1ccc(C(O)=C2C(=O)C(=O)N(c3nc(C)c(C)s3)[C@@H]2c2ccc(O)cc2)cc1. The number of ether oxygens (including phenoxy) is 1. The van der Waals surface area contributed by atoms with E-state index in [-0.39, 0.29) is 17.1 Å². The number of hydrogen-bond acceptors (Lipinski definition) is 7. The number of hydrogen-bond donors (Lipinski definition) is 2. The number of aromatic nitrogens is 1. The van der Waals surface area contributed by atoms with Gasteiger partial charge in [0.15, 0.2) is 5.13 Å². The summed E-state index contributed by atoms with van der Waals surface area (Å²) in [5, 5.41) is 21.2. The second-order valence-electron chi connectivity index (χ2n) is 7.36. The van der Waals surface area contributed by atoms with Crippen molar-refractivity contribution in [2.75, 3.05) is 11.5 Å². The Morgan fingerprint density at radius 3 is 2.31 bits per heavy atom. The highest BCUT2D eigenvalue weighted by Gasteiger charge is 2.48. The predicted molar refractivity (Wildman–Crippen MR) is 122 cm³/mol. The molecule has 2 heterocycles. The third-order valence-electron chi connectivity index (χ3n) is 5.32. The largest absolute Gasteiger partial charge is 0.508 e. The van der Waals surface area contributed by atoms with Crippen LogP contribution in [0.5, 0.6) is 11.5 Å². The van der Waals surface area contributed by atoms with Gasteiger partial charge < -0.3 is 14.9 Å². The van der Waals surface area contributed by atoms with Crippen LogP contribution in [0.1, 0.15) is 34.7 Å². The van der Waals surface area contributed by atoms with E-state index in [4.69, 9.17) is 4.74 Å². The van der Waals surface area contributed by atoms with Crippen LogP contribution in [0.4, 0.5) is 5.13 Å². The van der Waals surface area contributed by atoms with E-state index >= 15 is 0 Å². The molecule has 1 atom stereocenters. The molecule has 0 unspecified atom stereocenters. The number of ketones is 1. The van der Waals surface area contributed by atoms with Crippen LogP contribution in [0, 0.1) is 13.8 Å². The van der Waals surface area contributed by atoms with Gasteiger partial charge in [-0.25, -0.2) is 4.98 Å². The first-order valence-electron chi connectivity index (χ1n) is 10.1. The van der Waals surface area contributed by atoms with Gasteiger partial charge >= 0.3 is 5.91 Å². The van der Waals surface area contributed by atoms with Gasteiger partial charge in [-0.3, -0.25) is 14.5 Å². The highest BCUT2D eigenvalue weighted by molar-refractivity contribution is 7.16. The first-order chi connectivity index (χ1) is 15.3. The minimum absolute atomic E-state index is 0.0321. The van der Waals surface area contributed by atoms with Gasteiger partial charge in [-0.2, -0.15) is 0 Å². The van der Waals surface area contributed by atoms with Crippen molar-refractivity contribution in [3.8, 4) is 11.5 Å². The van der Waals surface area contributed by atoms with Gasteiger partial charge in [0.2, 0.25) is 0 Å². The van der Waals surface area contributed by atoms with Crippen LogP contribution in [-0.2, 0) is 9.59 Å². The standard InChI is InChI=1S/C24H22N2O5S/c1-4-31-18-11-7-16(8-12-18)21(28)19-20(15-5-9-17(27)10-6-15)26(23(30)22(19)29)24-25-13(2)14(3)32-24/h5-12,20,27-28H,4H2,1-3H3/t20-/m1/s1. The third-order valence-corrected chi connectivity index (χ3v) is 6.39. The summed E-state index contributed by atoms with van der Waals surface area (Å²) in [5.74, 6) is -1.15. The molecule has 1 aliphatic rings. The molecule has 1 amide bonds. The first-order valence-corrected chi connectivity index (χ1v) is 10.9. The summed E-state index contributed by atoms with van der Waals surface area (Å²) in [6.07, 6.45) is 0. The Balaban J connectivity index is 1.89. The van der Waals surface area contributed by atoms with Crippen LogP contribution in [0.2, 0.25) is 0 Å². The number of aliphatic hydroxyl groups is 1. The molecular formula is C24H22N2O5S. The minimum atomic E-state index is -0.882. The maximum absolute atomic E-state index is 13.1. The minimum Gasteiger partial charge on any atom is -0.508 e. The molecule has 3 aromatic rings. The lowest BCUT2D eigenvalue weighted by molar-refractivity contribution is -0.132. The number of carbonyl (C=O) groups is 2. The number of Topliss-reactive ketones (excluding diaryl/α,β-unsaturated/α-hetero) is 1. The quantitative estimate of drug-likeness (QED) is 0.338. The number of phenols is 1. The van der Waals surface area contributed by atoms with E-state index in [2.05, 4.69) is 4.98 Å². The van der Waals surface area contributed by atoms with Crippen LogP contribution < -0.4 is 9.64 Å². The van der Waals surface area contributed by atoms with Crippen molar-refractivity contribution in [1.82, 2.24) is 4.98 Å². The fourth-order valence-corrected chi connectivity index (χ4v) is 4.53. The zero-order chi connectivity index (χ0) is 23.0. The lowest BCUT2D eigenvalue weighted by Gasteiger charge is -2.23. The molecule has 0 saturated carbocycles. The Bertz CT molecular complexity index is 1190. The Morgan fingerprint density at radius 2 is 1.75 bits per heavy atom. The van der Waals surface area contributed by atoms with Gasteiger partial charge in [0.1, 0.15) is 17.3 Å². The number of nitrogens with zero attached hydrogens (tertiary/aromatic N) is 2. The Labute approximate surface area is 189 Å². The summed E-state index contributed by atoms with van der Waals surface area (Å²) >= 11 is 1.31. The van der Waals surface area contributed by atoms with E-state index in [0.717, 1.165) is 10.6 Å². The number of anilines is 1. The first kappa shape index (κ1) is 21.6. The van der Waals surface area contributed by atoms with E-state index in [1.54, 1.807) is 36.4 Å². The van der Waals surface area contributed by atoms with E-state index in [1.807, 2.05) is 20.8 Å². The van der Waals surface area contributed by atoms with E-state index in [1.165, 1.54) is 28.4 Å². The normalized spacial score (nSPS) is 17.7. The molecule has 7 nitrogen and oxygen atoms in total. The molecule has 164 valence electrons. The van der Waals surface area contributed by atoms with Gasteiger partial charge in [-0.1, -0.05) is 12.1 Å². The van der Waals surface area contributed by atoms with E-state index in [9.17, 15) is 19.8 Å². The van der Waals surface area contributed by atoms with Gasteiger partial charge in [0.25, 0.3) is 5.78 Å². The van der Waals surface area contributed by atoms with Crippen molar-refractivity contribution in [2.24, 2.45) is 0 Å². The molecule has 1 aliphatic heterocycles. The van der Waals surface area contributed by atoms with Crippen molar-refractivity contribution < 1.29 is 24.5 Å². The third kappa shape index (κ3) is 3.73. The molecule has 1 fully saturated rings.